The summed E-state index contributed by atoms with van der Waals surface area (Å²) in [6.07, 6.45) is 13.9. The number of piperazine rings is 2. The Bertz CT molecular complexity index is 2340. The Balaban J connectivity index is 0.691. The number of likely N-dealkylation sites (tertiary alicyclic amines) is 2. The number of nitrogens with zero attached hydrogens (tertiary/aromatic N) is 8. The van der Waals surface area contributed by atoms with E-state index in [4.69, 9.17) is 11.6 Å². The molecule has 10 rings (SSSR count). The maximum atomic E-state index is 14.4. The van der Waals surface area contributed by atoms with Crippen LogP contribution >= 0.6 is 11.6 Å². The summed E-state index contributed by atoms with van der Waals surface area (Å²) in [4.78, 5) is 78.2. The number of fused-ring (bicyclic) bond motifs is 1. The molecule has 0 radical (unpaired) electrons. The lowest BCUT2D eigenvalue weighted by molar-refractivity contribution is -0.137. The Morgan fingerprint density at radius 3 is 2.20 bits per heavy atom. The number of rotatable bonds is 14. The van der Waals surface area contributed by atoms with Crippen LogP contribution in [-0.2, 0) is 14.4 Å². The molecule has 1 unspecified atom stereocenters. The van der Waals surface area contributed by atoms with Gasteiger partial charge in [-0.25, -0.2) is 9.97 Å². The summed E-state index contributed by atoms with van der Waals surface area (Å²) in [5.41, 5.74) is 4.49. The number of halogens is 1. The average Bonchev–Trinajstić information content (AvgIpc) is 4.23. The molecule has 4 saturated heterocycles. The highest BCUT2D eigenvalue weighted by atomic mass is 35.5. The van der Waals surface area contributed by atoms with Crippen molar-refractivity contribution in [2.24, 2.45) is 17.8 Å². The van der Waals surface area contributed by atoms with Crippen molar-refractivity contribution in [1.82, 2.24) is 39.8 Å². The Kier molecular flexibility index (Phi) is 15.9. The molecule has 1 aromatic heterocycles. The van der Waals surface area contributed by atoms with Gasteiger partial charge in [0.15, 0.2) is 0 Å². The van der Waals surface area contributed by atoms with Gasteiger partial charge in [0.1, 0.15) is 18.2 Å². The molecule has 5 atom stereocenters. The Morgan fingerprint density at radius 1 is 0.746 bits per heavy atom. The molecule has 0 spiro atoms. The van der Waals surface area contributed by atoms with Crippen molar-refractivity contribution in [1.29, 1.82) is 0 Å². The van der Waals surface area contributed by atoms with Gasteiger partial charge in [-0.1, -0.05) is 62.1 Å². The van der Waals surface area contributed by atoms with Crippen LogP contribution in [0.5, 0.6) is 0 Å². The number of amides is 4. The highest BCUT2D eigenvalue weighted by molar-refractivity contribution is 6.30. The van der Waals surface area contributed by atoms with Crippen LogP contribution in [0.25, 0.3) is 0 Å². The summed E-state index contributed by atoms with van der Waals surface area (Å²) >= 11 is 6.32. The van der Waals surface area contributed by atoms with Crippen LogP contribution in [0.4, 0.5) is 5.82 Å². The van der Waals surface area contributed by atoms with Gasteiger partial charge in [-0.2, -0.15) is 0 Å². The van der Waals surface area contributed by atoms with Crippen molar-refractivity contribution in [2.75, 3.05) is 96.5 Å². The summed E-state index contributed by atoms with van der Waals surface area (Å²) in [5, 5.41) is 14.5. The van der Waals surface area contributed by atoms with Crippen LogP contribution in [0.1, 0.15) is 147 Å². The molecule has 5 heterocycles. The number of benzene rings is 2. The fraction of sp³-hybridized carbons (Fsp3) is 0.643. The minimum absolute atomic E-state index is 0.0647. The van der Waals surface area contributed by atoms with Crippen LogP contribution in [0.15, 0.2) is 54.9 Å². The Hall–Kier alpha value is -4.63. The summed E-state index contributed by atoms with van der Waals surface area (Å²) < 4.78 is 0. The lowest BCUT2D eigenvalue weighted by Gasteiger charge is -2.41. The molecule has 4 amide bonds. The van der Waals surface area contributed by atoms with Crippen LogP contribution in [0.2, 0.25) is 5.02 Å². The van der Waals surface area contributed by atoms with Crippen molar-refractivity contribution in [3.8, 4) is 0 Å². The van der Waals surface area contributed by atoms with Crippen LogP contribution in [0.3, 0.4) is 0 Å². The second-order valence-corrected chi connectivity index (χ2v) is 22.6. The van der Waals surface area contributed by atoms with Crippen molar-refractivity contribution in [3.63, 3.8) is 0 Å². The third kappa shape index (κ3) is 11.8. The maximum Gasteiger partial charge on any atom is 0.251 e. The molecule has 71 heavy (non-hydrogen) atoms. The lowest BCUT2D eigenvalue weighted by Crippen LogP contribution is -2.57. The number of aliphatic hydroxyl groups excluding tert-OH is 1. The van der Waals surface area contributed by atoms with Crippen LogP contribution in [-0.4, -0.2) is 161 Å². The number of aromatic nitrogens is 2. The summed E-state index contributed by atoms with van der Waals surface area (Å²) in [6, 6.07) is 15.2. The van der Waals surface area contributed by atoms with Gasteiger partial charge in [-0.3, -0.25) is 24.1 Å². The van der Waals surface area contributed by atoms with E-state index in [0.717, 1.165) is 145 Å². The molecule has 6 fully saturated rings. The zero-order chi connectivity index (χ0) is 49.0. The predicted octanol–water partition coefficient (Wildman–Crippen LogP) is 6.84. The smallest absolute Gasteiger partial charge is 0.251 e. The van der Waals surface area contributed by atoms with Crippen LogP contribution in [0, 0.1) is 17.8 Å². The minimum atomic E-state index is -0.550. The monoisotopic (exact) mass is 990 g/mol. The zero-order valence-electron chi connectivity index (χ0n) is 41.9. The highest BCUT2D eigenvalue weighted by Gasteiger charge is 2.39. The molecule has 7 aliphatic rings. The first-order chi connectivity index (χ1) is 34.6. The third-order valence-corrected chi connectivity index (χ3v) is 17.6. The van der Waals surface area contributed by atoms with Crippen molar-refractivity contribution in [2.45, 2.75) is 120 Å². The molecule has 14 nitrogen and oxygen atoms in total. The Labute approximate surface area is 425 Å². The maximum absolute atomic E-state index is 14.4. The number of hydrogen-bond acceptors (Lipinski definition) is 10. The van der Waals surface area contributed by atoms with E-state index in [-0.39, 0.29) is 47.3 Å². The third-order valence-electron chi connectivity index (χ3n) is 17.3. The fourth-order valence-electron chi connectivity index (χ4n) is 12.9. The minimum Gasteiger partial charge on any atom is -0.387 e. The Morgan fingerprint density at radius 2 is 1.46 bits per heavy atom. The van der Waals surface area contributed by atoms with Crippen molar-refractivity contribution >= 4 is 41.0 Å². The highest BCUT2D eigenvalue weighted by Crippen LogP contribution is 2.43. The zero-order valence-corrected chi connectivity index (χ0v) is 42.7. The second kappa shape index (κ2) is 22.6. The quantitative estimate of drug-likeness (QED) is 0.176. The molecule has 382 valence electrons. The second-order valence-electron chi connectivity index (χ2n) is 22.1. The van der Waals surface area contributed by atoms with E-state index in [9.17, 15) is 24.3 Å². The average molecular weight is 991 g/mol. The number of carbonyl (C=O) groups excluding carboxylic acids is 4. The number of aliphatic hydroxyl groups is 1. The fourth-order valence-corrected chi connectivity index (χ4v) is 13.0. The summed E-state index contributed by atoms with van der Waals surface area (Å²) in [7, 11) is 0. The van der Waals surface area contributed by atoms with Gasteiger partial charge in [0, 0.05) is 100.0 Å². The van der Waals surface area contributed by atoms with Gasteiger partial charge in [0.25, 0.3) is 5.91 Å². The molecule has 4 aliphatic heterocycles. The molecule has 3 aromatic rings. The topological polar surface area (TPSA) is 146 Å². The van der Waals surface area contributed by atoms with Gasteiger partial charge in [0.2, 0.25) is 17.7 Å². The first kappa shape index (κ1) is 49.9. The first-order valence-corrected chi connectivity index (χ1v) is 27.7. The molecular weight excluding hydrogens is 914 g/mol. The van der Waals surface area contributed by atoms with E-state index in [1.807, 2.05) is 57.2 Å². The van der Waals surface area contributed by atoms with Gasteiger partial charge in [-0.15, -0.1) is 0 Å². The van der Waals surface area contributed by atoms with E-state index in [2.05, 4.69) is 43.0 Å². The van der Waals surface area contributed by atoms with Crippen molar-refractivity contribution in [3.05, 3.63) is 87.8 Å². The summed E-state index contributed by atoms with van der Waals surface area (Å²) in [5.74, 6) is 2.34. The normalized spacial score (nSPS) is 24.9. The van der Waals surface area contributed by atoms with E-state index in [1.165, 1.54) is 6.42 Å². The molecular formula is C56H76ClN9O5. The van der Waals surface area contributed by atoms with Crippen molar-refractivity contribution < 1.29 is 24.3 Å². The van der Waals surface area contributed by atoms with E-state index < -0.39 is 12.1 Å². The number of piperidine rings is 2. The van der Waals surface area contributed by atoms with Gasteiger partial charge in [-0.05, 0) is 137 Å². The van der Waals surface area contributed by atoms with E-state index in [1.54, 1.807) is 6.33 Å². The van der Waals surface area contributed by atoms with E-state index in [0.29, 0.717) is 74.6 Å². The molecule has 2 saturated carbocycles. The van der Waals surface area contributed by atoms with Gasteiger partial charge in [0.05, 0.1) is 17.7 Å². The molecule has 2 aromatic carbocycles. The first-order valence-electron chi connectivity index (χ1n) is 27.3. The molecule has 3 aliphatic carbocycles. The molecule has 15 heteroatoms. The number of hydrogen-bond donors (Lipinski definition) is 2. The largest absolute Gasteiger partial charge is 0.387 e. The SMILES string of the molecule is C[C@@H]1C[C@@H](O)c2ncnc(N3CCN(C(=O)[C@@H](CCN4CCC(CN5CCN(C(=O)[C@H](NC(=O)c6cccc(C7CCCN(C(=O)C8CC8)C7)c6)C6CCCCC6)CC5)CC4)c4ccc(Cl)cc4)CC3)c21. The number of carbonyl (C=O) groups is 4. The van der Waals surface area contributed by atoms with Gasteiger partial charge >= 0.3 is 0 Å². The van der Waals surface area contributed by atoms with E-state index >= 15 is 0 Å². The number of nitrogens with one attached hydrogen (secondary N) is 1. The predicted molar refractivity (Wildman–Crippen MR) is 275 cm³/mol. The summed E-state index contributed by atoms with van der Waals surface area (Å²) in [6.45, 7) is 13.2. The van der Waals surface area contributed by atoms with Crippen LogP contribution < -0.4 is 10.2 Å². The molecule has 0 bridgehead atoms. The standard InChI is InChI=1S/C56H76ClN9O5/c1-38-33-48(67)51-49(38)52(59-37-58-51)63-29-31-64(32-30-63)55(70)47(40-14-16-46(57)17-15-40)20-24-61-22-18-39(19-23-61)35-62-25-27-65(28-26-62)56(71)50(41-7-3-2-4-8-41)60-53(68)44-10-5-9-43(34-44)45-11-6-21-66(36-45)54(69)42-12-13-42/h5,9-10,14-17,34,37-39,41-42,45,47-48,50,67H,2-4,6-8,11-13,18-33,35-36H2,1H3,(H,60,68)/t38-,45?,47+,48-,50-/m1/s1. The number of anilines is 1. The van der Waals surface area contributed by atoms with Gasteiger partial charge < -0.3 is 34.9 Å². The molecule has 2 N–H and O–H groups in total. The lowest BCUT2D eigenvalue weighted by atomic mass is 9.83.